The van der Waals surface area contributed by atoms with Gasteiger partial charge in [0.1, 0.15) is 6.54 Å². The molecule has 0 heterocycles. The van der Waals surface area contributed by atoms with E-state index >= 15 is 0 Å². The van der Waals surface area contributed by atoms with Crippen molar-refractivity contribution in [2.24, 2.45) is 0 Å². The Labute approximate surface area is 98.9 Å². The molecule has 0 saturated carbocycles. The molecule has 0 aliphatic carbocycles. The smallest absolute Gasteiger partial charge is 0.377 e. The van der Waals surface area contributed by atoms with E-state index in [2.05, 4.69) is 5.32 Å². The second-order valence-electron chi connectivity index (χ2n) is 3.93. The molecule has 0 saturated heterocycles. The normalized spacial score (nSPS) is 13.8. The lowest BCUT2D eigenvalue weighted by molar-refractivity contribution is -0.139. The van der Waals surface area contributed by atoms with Crippen LogP contribution in [0.2, 0.25) is 0 Å². The largest absolute Gasteiger partial charge is 0.405 e. The Morgan fingerprint density at radius 3 is 2.35 bits per heavy atom. The van der Waals surface area contributed by atoms with Crippen LogP contribution in [0.1, 0.15) is 20.8 Å². The first-order chi connectivity index (χ1) is 7.72. The summed E-state index contributed by atoms with van der Waals surface area (Å²) in [6, 6.07) is -0.673. The molecule has 0 aromatic rings. The highest BCUT2D eigenvalue weighted by Gasteiger charge is 2.28. The van der Waals surface area contributed by atoms with E-state index in [1.807, 2.05) is 13.8 Å². The van der Waals surface area contributed by atoms with Gasteiger partial charge in [-0.05, 0) is 20.8 Å². The van der Waals surface area contributed by atoms with Crippen molar-refractivity contribution in [2.45, 2.75) is 39.1 Å². The maximum Gasteiger partial charge on any atom is 0.405 e. The van der Waals surface area contributed by atoms with Gasteiger partial charge in [-0.3, -0.25) is 4.79 Å². The van der Waals surface area contributed by atoms with Crippen molar-refractivity contribution in [1.82, 2.24) is 10.6 Å². The van der Waals surface area contributed by atoms with Crippen molar-refractivity contribution in [3.8, 4) is 0 Å². The number of ether oxygens (including phenoxy) is 1. The minimum Gasteiger partial charge on any atom is -0.377 e. The first-order valence-electron chi connectivity index (χ1n) is 5.42. The summed E-state index contributed by atoms with van der Waals surface area (Å²) >= 11 is 0. The molecule has 0 spiro atoms. The molecular weight excluding hydrogens is 237 g/mol. The van der Waals surface area contributed by atoms with Crippen LogP contribution in [0, 0.1) is 0 Å². The standard InChI is InChI=1S/C10H19F3N2O2/c1-7(2)17-5-4-14-8(3)9(16)15-6-10(11,12)13/h7-8,14H,4-6H2,1-3H3,(H,15,16). The van der Waals surface area contributed by atoms with Crippen molar-refractivity contribution < 1.29 is 22.7 Å². The maximum absolute atomic E-state index is 11.8. The lowest BCUT2D eigenvalue weighted by Gasteiger charge is -2.15. The number of hydrogen-bond acceptors (Lipinski definition) is 3. The van der Waals surface area contributed by atoms with E-state index in [0.29, 0.717) is 13.2 Å². The first kappa shape index (κ1) is 16.2. The molecule has 0 aliphatic heterocycles. The summed E-state index contributed by atoms with van der Waals surface area (Å²) in [5.41, 5.74) is 0. The van der Waals surface area contributed by atoms with Gasteiger partial charge in [-0.2, -0.15) is 13.2 Å². The van der Waals surface area contributed by atoms with E-state index in [1.165, 1.54) is 6.92 Å². The van der Waals surface area contributed by atoms with E-state index in [-0.39, 0.29) is 6.10 Å². The van der Waals surface area contributed by atoms with Crippen LogP contribution >= 0.6 is 0 Å². The molecule has 0 aliphatic rings. The minimum absolute atomic E-state index is 0.0890. The molecule has 17 heavy (non-hydrogen) atoms. The third kappa shape index (κ3) is 10.1. The van der Waals surface area contributed by atoms with Crippen LogP contribution in [0.15, 0.2) is 0 Å². The predicted molar refractivity (Wildman–Crippen MR) is 57.6 cm³/mol. The van der Waals surface area contributed by atoms with Gasteiger partial charge >= 0.3 is 6.18 Å². The number of rotatable bonds is 7. The molecule has 0 fully saturated rings. The van der Waals surface area contributed by atoms with Gasteiger partial charge in [0.2, 0.25) is 5.91 Å². The SMILES string of the molecule is CC(C)OCCNC(C)C(=O)NCC(F)(F)F. The highest BCUT2D eigenvalue weighted by molar-refractivity contribution is 5.81. The molecular formula is C10H19F3N2O2. The second-order valence-corrected chi connectivity index (χ2v) is 3.93. The van der Waals surface area contributed by atoms with E-state index < -0.39 is 24.7 Å². The Balaban J connectivity index is 3.68. The van der Waals surface area contributed by atoms with Crippen LogP contribution in [-0.2, 0) is 9.53 Å². The van der Waals surface area contributed by atoms with Crippen molar-refractivity contribution in [2.75, 3.05) is 19.7 Å². The lowest BCUT2D eigenvalue weighted by atomic mass is 10.3. The van der Waals surface area contributed by atoms with E-state index in [0.717, 1.165) is 0 Å². The minimum atomic E-state index is -4.38. The van der Waals surface area contributed by atoms with Crippen molar-refractivity contribution in [3.05, 3.63) is 0 Å². The molecule has 0 aromatic heterocycles. The monoisotopic (exact) mass is 256 g/mol. The summed E-state index contributed by atoms with van der Waals surface area (Å²) in [6.45, 7) is 4.77. The van der Waals surface area contributed by atoms with Gasteiger partial charge in [0, 0.05) is 6.54 Å². The van der Waals surface area contributed by atoms with Gasteiger partial charge in [0.25, 0.3) is 0 Å². The van der Waals surface area contributed by atoms with Crippen molar-refractivity contribution in [1.29, 1.82) is 0 Å². The fourth-order valence-corrected chi connectivity index (χ4v) is 1.00. The lowest BCUT2D eigenvalue weighted by Crippen LogP contribution is -2.46. The van der Waals surface area contributed by atoms with E-state index in [1.54, 1.807) is 5.32 Å². The summed E-state index contributed by atoms with van der Waals surface area (Å²) < 4.78 is 40.7. The molecule has 0 aromatic carbocycles. The van der Waals surface area contributed by atoms with Crippen molar-refractivity contribution >= 4 is 5.91 Å². The van der Waals surface area contributed by atoms with Crippen LogP contribution in [0.25, 0.3) is 0 Å². The topological polar surface area (TPSA) is 50.4 Å². The zero-order valence-electron chi connectivity index (χ0n) is 10.2. The van der Waals surface area contributed by atoms with Gasteiger partial charge in [-0.1, -0.05) is 0 Å². The number of alkyl halides is 3. The Morgan fingerprint density at radius 2 is 1.88 bits per heavy atom. The van der Waals surface area contributed by atoms with Crippen LogP contribution in [0.3, 0.4) is 0 Å². The van der Waals surface area contributed by atoms with Gasteiger partial charge in [0.05, 0.1) is 18.8 Å². The van der Waals surface area contributed by atoms with Crippen molar-refractivity contribution in [3.63, 3.8) is 0 Å². The zero-order valence-corrected chi connectivity index (χ0v) is 10.2. The van der Waals surface area contributed by atoms with E-state index in [9.17, 15) is 18.0 Å². The molecule has 1 unspecified atom stereocenters. The first-order valence-corrected chi connectivity index (χ1v) is 5.42. The molecule has 4 nitrogen and oxygen atoms in total. The third-order valence-electron chi connectivity index (χ3n) is 1.86. The number of nitrogens with one attached hydrogen (secondary N) is 2. The Kier molecular flexibility index (Phi) is 7.13. The van der Waals surface area contributed by atoms with Gasteiger partial charge in [-0.15, -0.1) is 0 Å². The Bertz CT molecular complexity index is 232. The molecule has 1 atom stereocenters. The summed E-state index contributed by atoms with van der Waals surface area (Å²) in [4.78, 5) is 11.2. The van der Waals surface area contributed by atoms with Crippen LogP contribution in [0.4, 0.5) is 13.2 Å². The fraction of sp³-hybridized carbons (Fsp3) is 0.900. The average Bonchev–Trinajstić information content (AvgIpc) is 2.19. The third-order valence-corrected chi connectivity index (χ3v) is 1.86. The number of hydrogen-bond donors (Lipinski definition) is 2. The Morgan fingerprint density at radius 1 is 1.29 bits per heavy atom. The highest BCUT2D eigenvalue weighted by atomic mass is 19.4. The van der Waals surface area contributed by atoms with Crippen LogP contribution in [0.5, 0.6) is 0 Å². The molecule has 1 amide bonds. The van der Waals surface area contributed by atoms with E-state index in [4.69, 9.17) is 4.74 Å². The molecule has 0 bridgehead atoms. The van der Waals surface area contributed by atoms with Crippen LogP contribution in [-0.4, -0.2) is 43.9 Å². The summed E-state index contributed by atoms with van der Waals surface area (Å²) in [7, 11) is 0. The number of carbonyl (C=O) groups excluding carboxylic acids is 1. The predicted octanol–water partition coefficient (Wildman–Crippen LogP) is 1.07. The summed E-state index contributed by atoms with van der Waals surface area (Å²) in [6.07, 6.45) is -4.29. The van der Waals surface area contributed by atoms with Gasteiger partial charge in [-0.25, -0.2) is 0 Å². The molecule has 0 radical (unpaired) electrons. The Hall–Kier alpha value is -0.820. The number of amides is 1. The van der Waals surface area contributed by atoms with Gasteiger partial charge < -0.3 is 15.4 Å². The highest BCUT2D eigenvalue weighted by Crippen LogP contribution is 2.12. The average molecular weight is 256 g/mol. The zero-order chi connectivity index (χ0) is 13.5. The van der Waals surface area contributed by atoms with Crippen LogP contribution < -0.4 is 10.6 Å². The quantitative estimate of drug-likeness (QED) is 0.670. The maximum atomic E-state index is 11.8. The number of halogens is 3. The number of carbonyl (C=O) groups is 1. The molecule has 0 rings (SSSR count). The molecule has 102 valence electrons. The molecule has 2 N–H and O–H groups in total. The summed E-state index contributed by atoms with van der Waals surface area (Å²) in [5, 5.41) is 4.57. The second kappa shape index (κ2) is 7.50. The molecule has 7 heteroatoms. The summed E-state index contributed by atoms with van der Waals surface area (Å²) in [5.74, 6) is -0.674. The fourth-order valence-electron chi connectivity index (χ4n) is 1.00. The van der Waals surface area contributed by atoms with Gasteiger partial charge in [0.15, 0.2) is 0 Å².